The number of hydrogen-bond donors (Lipinski definition) is 0. The van der Waals surface area contributed by atoms with Crippen LogP contribution in [0.1, 0.15) is 52.4 Å². The maximum absolute atomic E-state index is 11.4. The van der Waals surface area contributed by atoms with Crippen LogP contribution in [0.4, 0.5) is 0 Å². The lowest BCUT2D eigenvalue weighted by atomic mass is 9.89. The molecule has 0 aliphatic heterocycles. The molecular formula is C17H25N2O2-. The Kier molecular flexibility index (Phi) is 5.34. The zero-order valence-corrected chi connectivity index (χ0v) is 13.3. The van der Waals surface area contributed by atoms with Crippen molar-refractivity contribution in [3.63, 3.8) is 0 Å². The number of rotatable bonds is 5. The maximum atomic E-state index is 11.4. The normalized spacial score (nSPS) is 26.1. The molecule has 0 aromatic carbocycles. The van der Waals surface area contributed by atoms with E-state index in [0.717, 1.165) is 49.8 Å². The molecule has 2 aliphatic rings. The van der Waals surface area contributed by atoms with E-state index in [-0.39, 0.29) is 17.5 Å². The second kappa shape index (κ2) is 7.03. The number of ketones is 2. The van der Waals surface area contributed by atoms with Crippen molar-refractivity contribution in [2.24, 2.45) is 5.92 Å². The van der Waals surface area contributed by atoms with Crippen molar-refractivity contribution >= 4 is 11.6 Å². The molecule has 0 saturated heterocycles. The minimum Gasteiger partial charge on any atom is -0.624 e. The average Bonchev–Trinajstić information content (AvgIpc) is 2.47. The molecule has 0 aromatic heterocycles. The van der Waals surface area contributed by atoms with Crippen molar-refractivity contribution in [3.8, 4) is 0 Å². The Morgan fingerprint density at radius 1 is 1.14 bits per heavy atom. The zero-order valence-electron chi connectivity index (χ0n) is 13.3. The summed E-state index contributed by atoms with van der Waals surface area (Å²) in [5.74, 6) is 0.663. The molecule has 0 spiro atoms. The highest BCUT2D eigenvalue weighted by atomic mass is 16.1. The van der Waals surface area contributed by atoms with Gasteiger partial charge in [0.2, 0.25) is 0 Å². The topological polar surface area (TPSA) is 51.5 Å². The minimum absolute atomic E-state index is 0.185. The first-order valence-electron chi connectivity index (χ1n) is 7.81. The van der Waals surface area contributed by atoms with Crippen LogP contribution in [0.15, 0.2) is 23.4 Å². The molecule has 0 radical (unpaired) electrons. The first kappa shape index (κ1) is 16.0. The van der Waals surface area contributed by atoms with Gasteiger partial charge in [0, 0.05) is 5.92 Å². The van der Waals surface area contributed by atoms with E-state index < -0.39 is 0 Å². The molecule has 0 heterocycles. The van der Waals surface area contributed by atoms with E-state index in [4.69, 9.17) is 5.43 Å². The number of nitrogens with zero attached hydrogens (tertiary/aromatic N) is 2. The number of Topliss-reactive ketones (excluding diaryl/α,β-unsaturated/α-hetero) is 2. The van der Waals surface area contributed by atoms with E-state index in [0.29, 0.717) is 6.04 Å². The summed E-state index contributed by atoms with van der Waals surface area (Å²) >= 11 is 0. The van der Waals surface area contributed by atoms with E-state index in [1.54, 1.807) is 13.8 Å². The summed E-state index contributed by atoms with van der Waals surface area (Å²) in [6.07, 6.45) is 9.50. The molecule has 2 unspecified atom stereocenters. The molecule has 0 bridgehead atoms. The van der Waals surface area contributed by atoms with Crippen molar-refractivity contribution in [3.05, 3.63) is 28.8 Å². The first-order valence-corrected chi connectivity index (χ1v) is 7.81. The smallest absolute Gasteiger partial charge is 0.155 e. The van der Waals surface area contributed by atoms with Crippen LogP contribution in [-0.4, -0.2) is 29.7 Å². The second-order valence-electron chi connectivity index (χ2n) is 6.16. The van der Waals surface area contributed by atoms with Crippen LogP contribution in [0.5, 0.6) is 0 Å². The Morgan fingerprint density at radius 3 is 2.38 bits per heavy atom. The van der Waals surface area contributed by atoms with Gasteiger partial charge < -0.3 is 10.4 Å². The molecular weight excluding hydrogens is 264 g/mol. The van der Waals surface area contributed by atoms with Gasteiger partial charge >= 0.3 is 0 Å². The molecule has 21 heavy (non-hydrogen) atoms. The van der Waals surface area contributed by atoms with E-state index in [2.05, 4.69) is 12.2 Å². The number of carbonyl (C=O) groups is 2. The molecule has 0 fully saturated rings. The molecule has 2 atom stereocenters. The first-order chi connectivity index (χ1) is 9.97. The predicted octanol–water partition coefficient (Wildman–Crippen LogP) is 3.55. The summed E-state index contributed by atoms with van der Waals surface area (Å²) in [6, 6.07) is 0.375. The Bertz CT molecular complexity index is 479. The molecule has 116 valence electrons. The van der Waals surface area contributed by atoms with Gasteiger partial charge in [0.15, 0.2) is 5.78 Å². The van der Waals surface area contributed by atoms with Crippen molar-refractivity contribution < 1.29 is 9.59 Å². The Hall–Kier alpha value is -1.42. The lowest BCUT2D eigenvalue weighted by molar-refractivity contribution is -0.121. The molecule has 2 rings (SSSR count). The molecule has 4 heteroatoms. The fourth-order valence-electron chi connectivity index (χ4n) is 3.04. The van der Waals surface area contributed by atoms with Gasteiger partial charge in [-0.1, -0.05) is 6.08 Å². The van der Waals surface area contributed by atoms with Crippen molar-refractivity contribution in [2.75, 3.05) is 7.05 Å². The predicted molar refractivity (Wildman–Crippen MR) is 83.6 cm³/mol. The van der Waals surface area contributed by atoms with Gasteiger partial charge in [-0.15, -0.1) is 6.08 Å². The van der Waals surface area contributed by atoms with Crippen LogP contribution in [0.25, 0.3) is 5.43 Å². The van der Waals surface area contributed by atoms with Gasteiger partial charge in [-0.05, 0) is 71.0 Å². The summed E-state index contributed by atoms with van der Waals surface area (Å²) < 4.78 is 0. The van der Waals surface area contributed by atoms with Crippen LogP contribution in [0.3, 0.4) is 0 Å². The standard InChI is InChI=1S/C17H25N2O2/c1-12(20)14-4-8-16(9-5-14)18-19(3)17-10-6-15(7-11-17)13(2)21/h6,8,14,17H,4-5,7,9-11H2,1-3H3/q-1. The third-order valence-electron chi connectivity index (χ3n) is 4.61. The summed E-state index contributed by atoms with van der Waals surface area (Å²) in [4.78, 5) is 22.7. The highest BCUT2D eigenvalue weighted by molar-refractivity contribution is 5.93. The molecule has 0 N–H and O–H groups in total. The summed E-state index contributed by atoms with van der Waals surface area (Å²) in [5, 5.41) is 2.04. The van der Waals surface area contributed by atoms with Crippen LogP contribution >= 0.6 is 0 Å². The van der Waals surface area contributed by atoms with Crippen molar-refractivity contribution in [2.45, 2.75) is 58.4 Å². The van der Waals surface area contributed by atoms with Crippen LogP contribution < -0.4 is 0 Å². The van der Waals surface area contributed by atoms with Crippen molar-refractivity contribution in [1.29, 1.82) is 0 Å². The van der Waals surface area contributed by atoms with E-state index in [9.17, 15) is 9.59 Å². The van der Waals surface area contributed by atoms with Crippen molar-refractivity contribution in [1.82, 2.24) is 5.01 Å². The zero-order chi connectivity index (χ0) is 15.4. The van der Waals surface area contributed by atoms with Gasteiger partial charge in [0.1, 0.15) is 5.78 Å². The Morgan fingerprint density at radius 2 is 1.90 bits per heavy atom. The third-order valence-corrected chi connectivity index (χ3v) is 4.61. The van der Waals surface area contributed by atoms with E-state index in [1.165, 1.54) is 0 Å². The summed E-state index contributed by atoms with van der Waals surface area (Å²) in [5.41, 5.74) is 6.75. The Balaban J connectivity index is 1.84. The van der Waals surface area contributed by atoms with Crippen LogP contribution in [0, 0.1) is 5.92 Å². The van der Waals surface area contributed by atoms with E-state index >= 15 is 0 Å². The molecule has 2 aliphatic carbocycles. The van der Waals surface area contributed by atoms with Crippen LogP contribution in [-0.2, 0) is 9.59 Å². The fourth-order valence-corrected chi connectivity index (χ4v) is 3.04. The lowest BCUT2D eigenvalue weighted by Gasteiger charge is -2.45. The highest BCUT2D eigenvalue weighted by Crippen LogP contribution is 2.31. The van der Waals surface area contributed by atoms with Gasteiger partial charge in [0.05, 0.1) is 0 Å². The third kappa shape index (κ3) is 4.27. The molecule has 0 saturated carbocycles. The van der Waals surface area contributed by atoms with Gasteiger partial charge in [0.25, 0.3) is 0 Å². The van der Waals surface area contributed by atoms with Gasteiger partial charge in [-0.2, -0.15) is 5.70 Å². The minimum atomic E-state index is 0.185. The molecule has 4 nitrogen and oxygen atoms in total. The highest BCUT2D eigenvalue weighted by Gasteiger charge is 2.18. The van der Waals surface area contributed by atoms with Crippen LogP contribution in [0.2, 0.25) is 0 Å². The number of carbonyl (C=O) groups excluding carboxylic acids is 2. The molecule has 0 amide bonds. The second-order valence-corrected chi connectivity index (χ2v) is 6.16. The average molecular weight is 289 g/mol. The monoisotopic (exact) mass is 289 g/mol. The largest absolute Gasteiger partial charge is 0.624 e. The quantitative estimate of drug-likeness (QED) is 0.727. The maximum Gasteiger partial charge on any atom is 0.155 e. The lowest BCUT2D eigenvalue weighted by Crippen LogP contribution is -2.30. The van der Waals surface area contributed by atoms with E-state index in [1.807, 2.05) is 12.1 Å². The number of allylic oxidation sites excluding steroid dienone is 3. The fraction of sp³-hybridized carbons (Fsp3) is 0.647. The summed E-state index contributed by atoms with van der Waals surface area (Å²) in [7, 11) is 2.01. The Labute approximate surface area is 127 Å². The number of hydrogen-bond acceptors (Lipinski definition) is 3. The molecule has 0 aromatic rings. The van der Waals surface area contributed by atoms with Gasteiger partial charge in [-0.3, -0.25) is 9.59 Å². The summed E-state index contributed by atoms with van der Waals surface area (Å²) in [6.45, 7) is 3.31. The van der Waals surface area contributed by atoms with Gasteiger partial charge in [-0.25, -0.2) is 0 Å². The SMILES string of the molecule is CC(=O)C1=CCC(N(C)[N-]C2=CCC(C(C)=O)CC2)CC1.